The topological polar surface area (TPSA) is 55.0 Å². The molecular weight excluding hydrogens is 224 g/mol. The van der Waals surface area contributed by atoms with Crippen LogP contribution in [0.25, 0.3) is 0 Å². The maximum atomic E-state index is 5.69. The third-order valence-electron chi connectivity index (χ3n) is 3.29. The fourth-order valence-corrected chi connectivity index (χ4v) is 2.38. The molecule has 0 amide bonds. The predicted molar refractivity (Wildman–Crippen MR) is 70.7 cm³/mol. The van der Waals surface area contributed by atoms with Crippen molar-refractivity contribution in [2.75, 3.05) is 12.3 Å². The van der Waals surface area contributed by atoms with E-state index in [9.17, 15) is 0 Å². The molecule has 2 N–H and O–H groups in total. The van der Waals surface area contributed by atoms with Gasteiger partial charge in [-0.3, -0.25) is 4.90 Å². The molecule has 4 heteroatoms. The van der Waals surface area contributed by atoms with Crippen LogP contribution in [0, 0.1) is 0 Å². The maximum Gasteiger partial charge on any atom is 0.146 e. The maximum absolute atomic E-state index is 5.69. The van der Waals surface area contributed by atoms with Gasteiger partial charge < -0.3 is 5.73 Å². The second kappa shape index (κ2) is 4.74. The van der Waals surface area contributed by atoms with Crippen LogP contribution >= 0.6 is 0 Å². The Bertz CT molecular complexity index is 539. The van der Waals surface area contributed by atoms with Crippen LogP contribution in [-0.2, 0) is 19.5 Å². The summed E-state index contributed by atoms with van der Waals surface area (Å²) in [6, 6.07) is 12.5. The van der Waals surface area contributed by atoms with E-state index in [4.69, 9.17) is 5.73 Å². The first-order valence-corrected chi connectivity index (χ1v) is 6.18. The van der Waals surface area contributed by atoms with Gasteiger partial charge in [-0.2, -0.15) is 5.10 Å². The molecule has 92 valence electrons. The van der Waals surface area contributed by atoms with E-state index in [0.29, 0.717) is 5.82 Å². The lowest BCUT2D eigenvalue weighted by Crippen LogP contribution is -2.31. The highest BCUT2D eigenvalue weighted by molar-refractivity contribution is 5.34. The standard InChI is InChI=1S/C14H16N4/c15-14-8-12-10-18(7-6-13(12)16-17-14)9-11-4-2-1-3-5-11/h1-5,8H,6-7,9-10H2,(H2,15,17). The van der Waals surface area contributed by atoms with E-state index in [1.807, 2.05) is 12.1 Å². The molecule has 0 unspecified atom stereocenters. The van der Waals surface area contributed by atoms with Gasteiger partial charge in [0, 0.05) is 26.1 Å². The largest absolute Gasteiger partial charge is 0.382 e. The van der Waals surface area contributed by atoms with Crippen LogP contribution in [0.3, 0.4) is 0 Å². The zero-order chi connectivity index (χ0) is 12.4. The molecular formula is C14H16N4. The minimum Gasteiger partial charge on any atom is -0.382 e. The van der Waals surface area contributed by atoms with Crippen molar-refractivity contribution in [1.82, 2.24) is 15.1 Å². The molecule has 1 aliphatic rings. The van der Waals surface area contributed by atoms with Gasteiger partial charge in [0.15, 0.2) is 0 Å². The van der Waals surface area contributed by atoms with E-state index in [0.717, 1.165) is 31.7 Å². The predicted octanol–water partition coefficient (Wildman–Crippen LogP) is 1.62. The Kier molecular flexibility index (Phi) is 2.94. The molecule has 18 heavy (non-hydrogen) atoms. The van der Waals surface area contributed by atoms with E-state index in [2.05, 4.69) is 39.4 Å². The van der Waals surface area contributed by atoms with Crippen molar-refractivity contribution >= 4 is 5.82 Å². The van der Waals surface area contributed by atoms with Crippen molar-refractivity contribution in [2.24, 2.45) is 0 Å². The third-order valence-corrected chi connectivity index (χ3v) is 3.29. The van der Waals surface area contributed by atoms with Gasteiger partial charge in [0.05, 0.1) is 5.69 Å². The van der Waals surface area contributed by atoms with Gasteiger partial charge in [0.1, 0.15) is 5.82 Å². The number of fused-ring (bicyclic) bond motifs is 1. The molecule has 1 aliphatic heterocycles. The van der Waals surface area contributed by atoms with E-state index in [-0.39, 0.29) is 0 Å². The van der Waals surface area contributed by atoms with Crippen molar-refractivity contribution in [3.05, 3.63) is 53.2 Å². The smallest absolute Gasteiger partial charge is 0.146 e. The number of nitrogens with two attached hydrogens (primary N) is 1. The summed E-state index contributed by atoms with van der Waals surface area (Å²) in [6.07, 6.45) is 0.954. The molecule has 3 rings (SSSR count). The lowest BCUT2D eigenvalue weighted by molar-refractivity contribution is 0.243. The van der Waals surface area contributed by atoms with Crippen molar-refractivity contribution in [3.63, 3.8) is 0 Å². The first-order chi connectivity index (χ1) is 8.81. The van der Waals surface area contributed by atoms with E-state index >= 15 is 0 Å². The van der Waals surface area contributed by atoms with Crippen LogP contribution in [0.5, 0.6) is 0 Å². The zero-order valence-corrected chi connectivity index (χ0v) is 10.2. The summed E-state index contributed by atoms with van der Waals surface area (Å²) in [5.74, 6) is 0.510. The first-order valence-electron chi connectivity index (χ1n) is 6.18. The SMILES string of the molecule is Nc1cc2c(nn1)CCN(Cc1ccccc1)C2. The number of nitrogen functional groups attached to an aromatic ring is 1. The highest BCUT2D eigenvalue weighted by Gasteiger charge is 2.17. The number of rotatable bonds is 2. The van der Waals surface area contributed by atoms with Gasteiger partial charge in [-0.25, -0.2) is 0 Å². The van der Waals surface area contributed by atoms with E-state index in [1.165, 1.54) is 11.1 Å². The van der Waals surface area contributed by atoms with Crippen LogP contribution in [0.4, 0.5) is 5.82 Å². The van der Waals surface area contributed by atoms with Gasteiger partial charge in [0.2, 0.25) is 0 Å². The molecule has 1 aromatic carbocycles. The van der Waals surface area contributed by atoms with Gasteiger partial charge >= 0.3 is 0 Å². The number of hydrogen-bond acceptors (Lipinski definition) is 4. The molecule has 0 aliphatic carbocycles. The highest BCUT2D eigenvalue weighted by atomic mass is 15.2. The summed E-state index contributed by atoms with van der Waals surface area (Å²) >= 11 is 0. The van der Waals surface area contributed by atoms with Gasteiger partial charge in [-0.1, -0.05) is 30.3 Å². The van der Waals surface area contributed by atoms with Crippen LogP contribution in [0.1, 0.15) is 16.8 Å². The Morgan fingerprint density at radius 3 is 2.83 bits per heavy atom. The van der Waals surface area contributed by atoms with Crippen molar-refractivity contribution in [3.8, 4) is 0 Å². The second-order valence-corrected chi connectivity index (χ2v) is 4.69. The van der Waals surface area contributed by atoms with Crippen molar-refractivity contribution in [2.45, 2.75) is 19.5 Å². The fraction of sp³-hybridized carbons (Fsp3) is 0.286. The normalized spacial score (nSPS) is 15.3. The average Bonchev–Trinajstić information content (AvgIpc) is 2.39. The minimum atomic E-state index is 0.510. The lowest BCUT2D eigenvalue weighted by Gasteiger charge is -2.27. The van der Waals surface area contributed by atoms with Gasteiger partial charge in [-0.05, 0) is 17.2 Å². The molecule has 0 atom stereocenters. The molecule has 0 saturated heterocycles. The summed E-state index contributed by atoms with van der Waals surface area (Å²) in [5.41, 5.74) is 9.34. The molecule has 0 saturated carbocycles. The molecule has 0 spiro atoms. The summed E-state index contributed by atoms with van der Waals surface area (Å²) in [7, 11) is 0. The summed E-state index contributed by atoms with van der Waals surface area (Å²) in [5, 5.41) is 8.07. The number of benzene rings is 1. The number of hydrogen-bond donors (Lipinski definition) is 1. The first kappa shape index (κ1) is 11.2. The molecule has 4 nitrogen and oxygen atoms in total. The Hall–Kier alpha value is -1.94. The van der Waals surface area contributed by atoms with Crippen LogP contribution in [-0.4, -0.2) is 21.6 Å². The Morgan fingerprint density at radius 2 is 2.00 bits per heavy atom. The summed E-state index contributed by atoms with van der Waals surface area (Å²) < 4.78 is 0. The van der Waals surface area contributed by atoms with Crippen LogP contribution in [0.2, 0.25) is 0 Å². The van der Waals surface area contributed by atoms with Crippen LogP contribution < -0.4 is 5.73 Å². The quantitative estimate of drug-likeness (QED) is 0.866. The lowest BCUT2D eigenvalue weighted by atomic mass is 10.1. The number of aromatic nitrogens is 2. The molecule has 1 aromatic heterocycles. The van der Waals surface area contributed by atoms with E-state index < -0.39 is 0 Å². The molecule has 0 fully saturated rings. The monoisotopic (exact) mass is 240 g/mol. The van der Waals surface area contributed by atoms with Gasteiger partial charge in [0.25, 0.3) is 0 Å². The second-order valence-electron chi connectivity index (χ2n) is 4.69. The summed E-state index contributed by atoms with van der Waals surface area (Å²) in [6.45, 7) is 2.91. The van der Waals surface area contributed by atoms with Gasteiger partial charge in [-0.15, -0.1) is 5.10 Å². The minimum absolute atomic E-state index is 0.510. The Morgan fingerprint density at radius 1 is 1.17 bits per heavy atom. The average molecular weight is 240 g/mol. The molecule has 2 heterocycles. The molecule has 2 aromatic rings. The van der Waals surface area contributed by atoms with Crippen molar-refractivity contribution in [1.29, 1.82) is 0 Å². The van der Waals surface area contributed by atoms with Crippen LogP contribution in [0.15, 0.2) is 36.4 Å². The number of nitrogens with zero attached hydrogens (tertiary/aromatic N) is 3. The molecule has 0 radical (unpaired) electrons. The van der Waals surface area contributed by atoms with Crippen molar-refractivity contribution < 1.29 is 0 Å². The molecule has 0 bridgehead atoms. The third kappa shape index (κ3) is 2.33. The Balaban J connectivity index is 1.75. The summed E-state index contributed by atoms with van der Waals surface area (Å²) in [4.78, 5) is 2.42. The Labute approximate surface area is 106 Å². The fourth-order valence-electron chi connectivity index (χ4n) is 2.38. The highest BCUT2D eigenvalue weighted by Crippen LogP contribution is 2.19. The number of anilines is 1. The van der Waals surface area contributed by atoms with E-state index in [1.54, 1.807) is 0 Å². The zero-order valence-electron chi connectivity index (χ0n) is 10.2.